The Morgan fingerprint density at radius 2 is 1.87 bits per heavy atom. The second kappa shape index (κ2) is 13.1. The minimum atomic E-state index is -1.06. The van der Waals surface area contributed by atoms with Crippen LogP contribution in [0, 0.1) is 5.92 Å². The summed E-state index contributed by atoms with van der Waals surface area (Å²) in [6, 6.07) is -3.44. The lowest BCUT2D eigenvalue weighted by Gasteiger charge is -2.28. The number of amides is 3. The molecule has 1 aliphatic heterocycles. The van der Waals surface area contributed by atoms with Crippen LogP contribution >= 0.6 is 24.4 Å². The Hall–Kier alpha value is -1.46. The van der Waals surface area contributed by atoms with Gasteiger partial charge in [-0.25, -0.2) is 4.79 Å². The molecule has 11 heteroatoms. The predicted octanol–water partition coefficient (Wildman–Crippen LogP) is 0.0879. The van der Waals surface area contributed by atoms with Crippen LogP contribution in [0.4, 0.5) is 0 Å². The average molecular weight is 463 g/mol. The maximum atomic E-state index is 12.9. The Morgan fingerprint density at radius 3 is 2.40 bits per heavy atom. The third-order valence-electron chi connectivity index (χ3n) is 5.42. The smallest absolute Gasteiger partial charge is 0.326 e. The van der Waals surface area contributed by atoms with Crippen molar-refractivity contribution in [1.29, 1.82) is 0 Å². The maximum absolute atomic E-state index is 12.9. The molecule has 1 heterocycles. The highest BCUT2D eigenvalue weighted by Gasteiger charge is 2.38. The molecular weight excluding hydrogens is 428 g/mol. The summed E-state index contributed by atoms with van der Waals surface area (Å²) in [5, 5.41) is 14.6. The molecule has 0 aliphatic carbocycles. The van der Waals surface area contributed by atoms with Crippen molar-refractivity contribution in [3.05, 3.63) is 0 Å². The van der Waals surface area contributed by atoms with Gasteiger partial charge in [-0.15, -0.1) is 0 Å². The van der Waals surface area contributed by atoms with E-state index in [1.54, 1.807) is 0 Å². The summed E-state index contributed by atoms with van der Waals surface area (Å²) in [5.41, 5.74) is 5.97. The summed E-state index contributed by atoms with van der Waals surface area (Å²) < 4.78 is 0. The SMILES string of the molecule is CCC(C)C(N)C(=O)NC(CCSC)C(=O)NC(CS)C(=O)N1CCCC1C(=O)O. The van der Waals surface area contributed by atoms with E-state index in [0.29, 0.717) is 31.6 Å². The van der Waals surface area contributed by atoms with E-state index in [4.69, 9.17) is 5.73 Å². The second-order valence-electron chi connectivity index (χ2n) is 7.53. The number of thiol groups is 1. The Labute approximate surface area is 187 Å². The molecule has 0 spiro atoms. The summed E-state index contributed by atoms with van der Waals surface area (Å²) in [6.07, 6.45) is 3.97. The molecule has 1 fully saturated rings. The maximum Gasteiger partial charge on any atom is 0.326 e. The molecule has 30 heavy (non-hydrogen) atoms. The van der Waals surface area contributed by atoms with Gasteiger partial charge in [0.1, 0.15) is 18.1 Å². The van der Waals surface area contributed by atoms with E-state index in [-0.39, 0.29) is 11.7 Å². The number of carbonyl (C=O) groups is 4. The van der Waals surface area contributed by atoms with E-state index in [0.717, 1.165) is 6.42 Å². The largest absolute Gasteiger partial charge is 0.480 e. The normalized spacial score (nSPS) is 20.2. The van der Waals surface area contributed by atoms with Crippen LogP contribution in [-0.4, -0.2) is 82.2 Å². The molecule has 5 atom stereocenters. The summed E-state index contributed by atoms with van der Waals surface area (Å²) in [6.45, 7) is 4.12. The van der Waals surface area contributed by atoms with Gasteiger partial charge in [-0.2, -0.15) is 24.4 Å². The van der Waals surface area contributed by atoms with Gasteiger partial charge in [0.25, 0.3) is 0 Å². The number of rotatable bonds is 12. The molecule has 1 aliphatic rings. The number of nitrogens with one attached hydrogen (secondary N) is 2. The molecule has 5 unspecified atom stereocenters. The molecule has 5 N–H and O–H groups in total. The molecule has 1 rings (SSSR count). The zero-order valence-electron chi connectivity index (χ0n) is 17.8. The molecule has 0 aromatic heterocycles. The van der Waals surface area contributed by atoms with E-state index in [1.165, 1.54) is 16.7 Å². The van der Waals surface area contributed by atoms with Crippen LogP contribution in [0.25, 0.3) is 0 Å². The highest BCUT2D eigenvalue weighted by atomic mass is 32.2. The van der Waals surface area contributed by atoms with Crippen LogP contribution in [0.2, 0.25) is 0 Å². The highest BCUT2D eigenvalue weighted by molar-refractivity contribution is 7.98. The number of nitrogens with two attached hydrogens (primary N) is 1. The van der Waals surface area contributed by atoms with Crippen molar-refractivity contribution in [3.8, 4) is 0 Å². The van der Waals surface area contributed by atoms with Crippen LogP contribution in [0.15, 0.2) is 0 Å². The van der Waals surface area contributed by atoms with Crippen LogP contribution < -0.4 is 16.4 Å². The quantitative estimate of drug-likeness (QED) is 0.259. The van der Waals surface area contributed by atoms with E-state index in [9.17, 15) is 24.3 Å². The van der Waals surface area contributed by atoms with Gasteiger partial charge in [-0.1, -0.05) is 20.3 Å². The molecule has 1 saturated heterocycles. The summed E-state index contributed by atoms with van der Waals surface area (Å²) in [7, 11) is 0. The van der Waals surface area contributed by atoms with Crippen molar-refractivity contribution in [3.63, 3.8) is 0 Å². The third-order valence-corrected chi connectivity index (χ3v) is 6.43. The molecule has 9 nitrogen and oxygen atoms in total. The van der Waals surface area contributed by atoms with Crippen molar-refractivity contribution in [2.75, 3.05) is 24.3 Å². The second-order valence-corrected chi connectivity index (χ2v) is 8.88. The van der Waals surface area contributed by atoms with E-state index < -0.39 is 47.9 Å². The summed E-state index contributed by atoms with van der Waals surface area (Å²) in [5.74, 6) is -1.85. The predicted molar refractivity (Wildman–Crippen MR) is 121 cm³/mol. The van der Waals surface area contributed by atoms with Crippen LogP contribution in [0.5, 0.6) is 0 Å². The summed E-state index contributed by atoms with van der Waals surface area (Å²) >= 11 is 5.69. The lowest BCUT2D eigenvalue weighted by molar-refractivity contribution is -0.149. The number of hydrogen-bond donors (Lipinski definition) is 5. The van der Waals surface area contributed by atoms with Gasteiger partial charge in [0, 0.05) is 12.3 Å². The molecule has 0 bridgehead atoms. The molecule has 0 saturated carbocycles. The van der Waals surface area contributed by atoms with Crippen molar-refractivity contribution < 1.29 is 24.3 Å². The molecule has 0 radical (unpaired) electrons. The van der Waals surface area contributed by atoms with Crippen molar-refractivity contribution in [2.24, 2.45) is 11.7 Å². The Balaban J connectivity index is 2.85. The average Bonchev–Trinajstić information content (AvgIpc) is 3.23. The number of thioether (sulfide) groups is 1. The van der Waals surface area contributed by atoms with Gasteiger partial charge in [-0.3, -0.25) is 14.4 Å². The van der Waals surface area contributed by atoms with Crippen LogP contribution in [-0.2, 0) is 19.2 Å². The Bertz CT molecular complexity index is 622. The van der Waals surface area contributed by atoms with Gasteiger partial charge < -0.3 is 26.4 Å². The number of carboxylic acid groups (broad SMARTS) is 1. The van der Waals surface area contributed by atoms with Crippen molar-refractivity contribution >= 4 is 48.1 Å². The fourth-order valence-corrected chi connectivity index (χ4v) is 3.95. The topological polar surface area (TPSA) is 142 Å². The fourth-order valence-electron chi connectivity index (χ4n) is 3.23. The first-order valence-corrected chi connectivity index (χ1v) is 12.2. The summed E-state index contributed by atoms with van der Waals surface area (Å²) in [4.78, 5) is 50.8. The molecular formula is C19H34N4O5S2. The lowest BCUT2D eigenvalue weighted by atomic mass is 9.99. The van der Waals surface area contributed by atoms with Gasteiger partial charge >= 0.3 is 5.97 Å². The number of aliphatic carboxylic acids is 1. The number of carbonyl (C=O) groups excluding carboxylic acids is 3. The monoisotopic (exact) mass is 462 g/mol. The highest BCUT2D eigenvalue weighted by Crippen LogP contribution is 2.19. The number of carboxylic acids is 1. The van der Waals surface area contributed by atoms with Gasteiger partial charge in [0.05, 0.1) is 6.04 Å². The van der Waals surface area contributed by atoms with E-state index in [1.807, 2.05) is 20.1 Å². The minimum Gasteiger partial charge on any atom is -0.480 e. The number of likely N-dealkylation sites (tertiary alicyclic amines) is 1. The van der Waals surface area contributed by atoms with Crippen molar-refractivity contribution in [1.82, 2.24) is 15.5 Å². The first kappa shape index (κ1) is 26.6. The zero-order valence-corrected chi connectivity index (χ0v) is 19.5. The minimum absolute atomic E-state index is 0.0169. The van der Waals surface area contributed by atoms with Crippen LogP contribution in [0.3, 0.4) is 0 Å². The molecule has 3 amide bonds. The standard InChI is InChI=1S/C19H34N4O5S2/c1-4-11(2)15(20)17(25)21-12(7-9-30-3)16(24)22-13(10-29)18(26)23-8-5-6-14(23)19(27)28/h11-15,29H,4-10,20H2,1-3H3,(H,21,25)(H,22,24)(H,27,28). The number of nitrogens with zero attached hydrogens (tertiary/aromatic N) is 1. The van der Waals surface area contributed by atoms with Gasteiger partial charge in [0.15, 0.2) is 0 Å². The fraction of sp³-hybridized carbons (Fsp3) is 0.789. The first-order valence-electron chi connectivity index (χ1n) is 10.2. The van der Waals surface area contributed by atoms with E-state index >= 15 is 0 Å². The van der Waals surface area contributed by atoms with Crippen molar-refractivity contribution in [2.45, 2.75) is 63.7 Å². The lowest BCUT2D eigenvalue weighted by Crippen LogP contribution is -2.58. The molecule has 0 aromatic rings. The van der Waals surface area contributed by atoms with Gasteiger partial charge in [0.2, 0.25) is 17.7 Å². The Morgan fingerprint density at radius 1 is 1.23 bits per heavy atom. The first-order chi connectivity index (χ1) is 14.2. The van der Waals surface area contributed by atoms with Crippen LogP contribution in [0.1, 0.15) is 39.5 Å². The van der Waals surface area contributed by atoms with Gasteiger partial charge in [-0.05, 0) is 37.2 Å². The number of hydrogen-bond acceptors (Lipinski definition) is 7. The zero-order chi connectivity index (χ0) is 22.8. The Kier molecular flexibility index (Phi) is 11.6. The molecule has 172 valence electrons. The third kappa shape index (κ3) is 7.35. The molecule has 0 aromatic carbocycles. The van der Waals surface area contributed by atoms with E-state index in [2.05, 4.69) is 23.3 Å².